The minimum atomic E-state index is -0.608. The summed E-state index contributed by atoms with van der Waals surface area (Å²) in [6.45, 7) is 4.13. The molecule has 0 radical (unpaired) electrons. The fourth-order valence-corrected chi connectivity index (χ4v) is 2.15. The molecule has 4 nitrogen and oxygen atoms in total. The molecule has 0 amide bonds. The van der Waals surface area contributed by atoms with Crippen LogP contribution in [0.15, 0.2) is 24.3 Å². The van der Waals surface area contributed by atoms with E-state index in [2.05, 4.69) is 4.98 Å². The molecule has 0 spiro atoms. The van der Waals surface area contributed by atoms with Crippen LogP contribution in [0.2, 0.25) is 0 Å². The second kappa shape index (κ2) is 5.23. The maximum Gasteiger partial charge on any atom is 0.323 e. The molecule has 0 fully saturated rings. The van der Waals surface area contributed by atoms with Crippen molar-refractivity contribution in [3.05, 3.63) is 35.5 Å². The van der Waals surface area contributed by atoms with Gasteiger partial charge in [-0.1, -0.05) is 18.2 Å². The maximum atomic E-state index is 11.6. The number of ether oxygens (including phenoxy) is 1. The van der Waals surface area contributed by atoms with Crippen LogP contribution in [0.1, 0.15) is 18.2 Å². The third-order valence-electron chi connectivity index (χ3n) is 3.04. The quantitative estimate of drug-likeness (QED) is 0.810. The van der Waals surface area contributed by atoms with Crippen LogP contribution < -0.4 is 5.73 Å². The van der Waals surface area contributed by atoms with E-state index in [0.29, 0.717) is 13.0 Å². The van der Waals surface area contributed by atoms with Crippen molar-refractivity contribution in [1.82, 2.24) is 4.98 Å². The molecule has 3 N–H and O–H groups in total. The molecule has 0 aliphatic heterocycles. The van der Waals surface area contributed by atoms with E-state index in [1.807, 2.05) is 31.2 Å². The summed E-state index contributed by atoms with van der Waals surface area (Å²) >= 11 is 0. The fourth-order valence-electron chi connectivity index (χ4n) is 2.15. The van der Waals surface area contributed by atoms with E-state index in [9.17, 15) is 4.79 Å². The number of esters is 1. The Bertz CT molecular complexity index is 560. The lowest BCUT2D eigenvalue weighted by molar-refractivity contribution is -0.144. The Morgan fingerprint density at radius 3 is 2.89 bits per heavy atom. The van der Waals surface area contributed by atoms with Gasteiger partial charge in [-0.05, 0) is 25.5 Å². The number of nitrogens with one attached hydrogen (secondary N) is 1. The molecule has 1 atom stereocenters. The van der Waals surface area contributed by atoms with E-state index < -0.39 is 6.04 Å². The van der Waals surface area contributed by atoms with Gasteiger partial charge < -0.3 is 15.5 Å². The molecular formula is C14H18N2O2. The summed E-state index contributed by atoms with van der Waals surface area (Å²) in [5.74, 6) is -0.345. The molecule has 1 aromatic heterocycles. The minimum absolute atomic E-state index is 0.345. The van der Waals surface area contributed by atoms with E-state index in [4.69, 9.17) is 10.5 Å². The number of H-pyrrole nitrogens is 1. The van der Waals surface area contributed by atoms with Gasteiger partial charge in [0, 0.05) is 23.0 Å². The zero-order valence-corrected chi connectivity index (χ0v) is 10.7. The number of hydrogen-bond donors (Lipinski definition) is 2. The summed E-state index contributed by atoms with van der Waals surface area (Å²) in [7, 11) is 0. The first-order chi connectivity index (χ1) is 8.63. The lowest BCUT2D eigenvalue weighted by Gasteiger charge is -2.10. The van der Waals surface area contributed by atoms with Crippen molar-refractivity contribution in [2.24, 2.45) is 5.73 Å². The van der Waals surface area contributed by atoms with Crippen LogP contribution in [-0.2, 0) is 16.0 Å². The molecule has 0 saturated heterocycles. The Labute approximate surface area is 106 Å². The van der Waals surface area contributed by atoms with E-state index in [1.165, 1.54) is 0 Å². The highest BCUT2D eigenvalue weighted by molar-refractivity contribution is 5.85. The predicted molar refractivity (Wildman–Crippen MR) is 71.3 cm³/mol. The Morgan fingerprint density at radius 2 is 2.17 bits per heavy atom. The maximum absolute atomic E-state index is 11.6. The average Bonchev–Trinajstić information content (AvgIpc) is 2.66. The van der Waals surface area contributed by atoms with Crippen molar-refractivity contribution in [3.8, 4) is 0 Å². The third kappa shape index (κ3) is 2.38. The average molecular weight is 246 g/mol. The number of aryl methyl sites for hydroxylation is 1. The van der Waals surface area contributed by atoms with Crippen molar-refractivity contribution in [2.45, 2.75) is 26.3 Å². The fraction of sp³-hybridized carbons (Fsp3) is 0.357. The summed E-state index contributed by atoms with van der Waals surface area (Å²) in [6.07, 6.45) is 0.495. The number of benzene rings is 1. The number of aromatic nitrogens is 1. The summed E-state index contributed by atoms with van der Waals surface area (Å²) in [4.78, 5) is 14.9. The Hall–Kier alpha value is -1.81. The molecule has 4 heteroatoms. The molecular weight excluding hydrogens is 228 g/mol. The first kappa shape index (κ1) is 12.6. The molecule has 0 aliphatic carbocycles. The van der Waals surface area contributed by atoms with Crippen LogP contribution in [-0.4, -0.2) is 23.6 Å². The van der Waals surface area contributed by atoms with Crippen molar-refractivity contribution in [3.63, 3.8) is 0 Å². The smallest absolute Gasteiger partial charge is 0.323 e. The van der Waals surface area contributed by atoms with Crippen LogP contribution in [0.3, 0.4) is 0 Å². The van der Waals surface area contributed by atoms with Crippen LogP contribution >= 0.6 is 0 Å². The van der Waals surface area contributed by atoms with E-state index >= 15 is 0 Å². The number of nitrogens with two attached hydrogens (primary N) is 1. The number of rotatable bonds is 4. The molecule has 0 saturated carbocycles. The molecule has 2 aromatic rings. The van der Waals surface area contributed by atoms with Gasteiger partial charge in [0.2, 0.25) is 0 Å². The lowest BCUT2D eigenvalue weighted by atomic mass is 10.0. The molecule has 1 unspecified atom stereocenters. The van der Waals surface area contributed by atoms with Crippen molar-refractivity contribution >= 4 is 16.9 Å². The molecule has 18 heavy (non-hydrogen) atoms. The summed E-state index contributed by atoms with van der Waals surface area (Å²) in [6, 6.07) is 7.40. The number of para-hydroxylation sites is 1. The molecule has 1 heterocycles. The van der Waals surface area contributed by atoms with E-state index in [0.717, 1.165) is 22.2 Å². The van der Waals surface area contributed by atoms with Gasteiger partial charge in [-0.25, -0.2) is 0 Å². The molecule has 96 valence electrons. The van der Waals surface area contributed by atoms with Gasteiger partial charge in [0.05, 0.1) is 6.61 Å². The van der Waals surface area contributed by atoms with Crippen LogP contribution in [0.5, 0.6) is 0 Å². The lowest BCUT2D eigenvalue weighted by Crippen LogP contribution is -2.34. The summed E-state index contributed by atoms with van der Waals surface area (Å²) in [5.41, 5.74) is 9.08. The molecule has 0 bridgehead atoms. The highest BCUT2D eigenvalue weighted by Crippen LogP contribution is 2.22. The standard InChI is InChI=1S/C14H18N2O2/c1-3-18-14(17)12(15)8-11-9(2)16-13-7-5-4-6-10(11)13/h4-7,12,16H,3,8,15H2,1-2H3. The van der Waals surface area contributed by atoms with Crippen molar-refractivity contribution < 1.29 is 9.53 Å². The van der Waals surface area contributed by atoms with Gasteiger partial charge in [-0.15, -0.1) is 0 Å². The van der Waals surface area contributed by atoms with Gasteiger partial charge in [0.15, 0.2) is 0 Å². The number of fused-ring (bicyclic) bond motifs is 1. The van der Waals surface area contributed by atoms with Crippen molar-refractivity contribution in [1.29, 1.82) is 0 Å². The van der Waals surface area contributed by atoms with Gasteiger partial charge in [0.1, 0.15) is 6.04 Å². The first-order valence-electron chi connectivity index (χ1n) is 6.12. The number of carbonyl (C=O) groups is 1. The normalized spacial score (nSPS) is 12.6. The monoisotopic (exact) mass is 246 g/mol. The number of aromatic amines is 1. The largest absolute Gasteiger partial charge is 0.465 e. The number of hydrogen-bond acceptors (Lipinski definition) is 3. The highest BCUT2D eigenvalue weighted by Gasteiger charge is 2.18. The second-order valence-corrected chi connectivity index (χ2v) is 4.34. The predicted octanol–water partition coefficient (Wildman–Crippen LogP) is 1.91. The Morgan fingerprint density at radius 1 is 1.44 bits per heavy atom. The second-order valence-electron chi connectivity index (χ2n) is 4.34. The highest BCUT2D eigenvalue weighted by atomic mass is 16.5. The summed E-state index contributed by atoms with van der Waals surface area (Å²) < 4.78 is 4.93. The van der Waals surface area contributed by atoms with Crippen LogP contribution in [0.25, 0.3) is 10.9 Å². The van der Waals surface area contributed by atoms with Crippen molar-refractivity contribution in [2.75, 3.05) is 6.61 Å². The van der Waals surface area contributed by atoms with Gasteiger partial charge >= 0.3 is 5.97 Å². The van der Waals surface area contributed by atoms with Gasteiger partial charge in [-0.2, -0.15) is 0 Å². The molecule has 2 rings (SSSR count). The van der Waals surface area contributed by atoms with E-state index in [1.54, 1.807) is 6.92 Å². The SMILES string of the molecule is CCOC(=O)C(N)Cc1c(C)[nH]c2ccccc12. The van der Waals surface area contributed by atoms with E-state index in [-0.39, 0.29) is 5.97 Å². The third-order valence-corrected chi connectivity index (χ3v) is 3.04. The molecule has 0 aliphatic rings. The van der Waals surface area contributed by atoms with Crippen LogP contribution in [0, 0.1) is 6.92 Å². The zero-order chi connectivity index (χ0) is 13.1. The zero-order valence-electron chi connectivity index (χ0n) is 10.7. The molecule has 1 aromatic carbocycles. The topological polar surface area (TPSA) is 68.1 Å². The van der Waals surface area contributed by atoms with Gasteiger partial charge in [0.25, 0.3) is 0 Å². The Kier molecular flexibility index (Phi) is 3.67. The van der Waals surface area contributed by atoms with Gasteiger partial charge in [-0.3, -0.25) is 4.79 Å². The Balaban J connectivity index is 2.26. The minimum Gasteiger partial charge on any atom is -0.465 e. The first-order valence-corrected chi connectivity index (χ1v) is 6.12. The number of carbonyl (C=O) groups excluding carboxylic acids is 1. The summed E-state index contributed by atoms with van der Waals surface area (Å²) in [5, 5.41) is 1.12. The van der Waals surface area contributed by atoms with Crippen LogP contribution in [0.4, 0.5) is 0 Å².